The normalized spacial score (nSPS) is 10.9. The largest absolute Gasteiger partial charge is 0.317 e. The Morgan fingerprint density at radius 3 is 3.14 bits per heavy atom. The molecule has 0 saturated heterocycles. The Morgan fingerprint density at radius 2 is 2.29 bits per heavy atom. The standard InChI is InChI=1S/C10H14N4/c1-2-11-7-6-10-13-12-9-5-3-4-8-14(9)10/h3-5,8,11H,2,6-7H2,1H3. The van der Waals surface area contributed by atoms with Gasteiger partial charge in [-0.1, -0.05) is 13.0 Å². The van der Waals surface area contributed by atoms with Crippen molar-refractivity contribution in [3.05, 3.63) is 30.2 Å². The summed E-state index contributed by atoms with van der Waals surface area (Å²) >= 11 is 0. The van der Waals surface area contributed by atoms with Gasteiger partial charge in [0.2, 0.25) is 0 Å². The van der Waals surface area contributed by atoms with E-state index in [4.69, 9.17) is 0 Å². The molecule has 74 valence electrons. The summed E-state index contributed by atoms with van der Waals surface area (Å²) in [4.78, 5) is 0. The fourth-order valence-corrected chi connectivity index (χ4v) is 1.44. The Labute approximate surface area is 83.0 Å². The highest BCUT2D eigenvalue weighted by Gasteiger charge is 2.02. The van der Waals surface area contributed by atoms with Crippen LogP contribution in [0.3, 0.4) is 0 Å². The molecule has 0 radical (unpaired) electrons. The van der Waals surface area contributed by atoms with Crippen molar-refractivity contribution in [1.82, 2.24) is 19.9 Å². The van der Waals surface area contributed by atoms with Gasteiger partial charge in [0.05, 0.1) is 0 Å². The molecule has 2 aromatic heterocycles. The highest BCUT2D eigenvalue weighted by molar-refractivity contribution is 5.36. The maximum atomic E-state index is 4.14. The number of nitrogens with one attached hydrogen (secondary N) is 1. The van der Waals surface area contributed by atoms with Crippen LogP contribution in [0.15, 0.2) is 24.4 Å². The zero-order valence-electron chi connectivity index (χ0n) is 8.27. The Morgan fingerprint density at radius 1 is 1.36 bits per heavy atom. The first-order chi connectivity index (χ1) is 6.92. The monoisotopic (exact) mass is 190 g/mol. The molecule has 1 N–H and O–H groups in total. The van der Waals surface area contributed by atoms with Crippen LogP contribution in [0.4, 0.5) is 0 Å². The molecule has 0 aliphatic carbocycles. The summed E-state index contributed by atoms with van der Waals surface area (Å²) in [5.41, 5.74) is 0.916. The molecule has 0 bridgehead atoms. The van der Waals surface area contributed by atoms with Crippen LogP contribution in [-0.2, 0) is 6.42 Å². The van der Waals surface area contributed by atoms with Gasteiger partial charge in [-0.25, -0.2) is 0 Å². The fraction of sp³-hybridized carbons (Fsp3) is 0.400. The van der Waals surface area contributed by atoms with Crippen LogP contribution in [-0.4, -0.2) is 27.7 Å². The van der Waals surface area contributed by atoms with E-state index in [1.807, 2.05) is 28.8 Å². The molecule has 0 amide bonds. The number of hydrogen-bond donors (Lipinski definition) is 1. The topological polar surface area (TPSA) is 42.2 Å². The van der Waals surface area contributed by atoms with Crippen LogP contribution < -0.4 is 5.32 Å². The minimum atomic E-state index is 0.916. The van der Waals surface area contributed by atoms with E-state index in [1.165, 1.54) is 0 Å². The van der Waals surface area contributed by atoms with Crippen LogP contribution >= 0.6 is 0 Å². The van der Waals surface area contributed by atoms with Gasteiger partial charge in [0, 0.05) is 19.2 Å². The van der Waals surface area contributed by atoms with Crippen molar-refractivity contribution in [3.8, 4) is 0 Å². The maximum absolute atomic E-state index is 4.14. The summed E-state index contributed by atoms with van der Waals surface area (Å²) in [5, 5.41) is 11.5. The van der Waals surface area contributed by atoms with Crippen LogP contribution in [0.1, 0.15) is 12.7 Å². The van der Waals surface area contributed by atoms with Gasteiger partial charge in [-0.05, 0) is 18.7 Å². The lowest BCUT2D eigenvalue weighted by Gasteiger charge is -1.99. The van der Waals surface area contributed by atoms with Crippen LogP contribution in [0, 0.1) is 0 Å². The van der Waals surface area contributed by atoms with Gasteiger partial charge in [-0.15, -0.1) is 10.2 Å². The Kier molecular flexibility index (Phi) is 2.74. The number of rotatable bonds is 4. The van der Waals surface area contributed by atoms with Gasteiger partial charge >= 0.3 is 0 Å². The second kappa shape index (κ2) is 4.19. The van der Waals surface area contributed by atoms with E-state index in [0.717, 1.165) is 31.0 Å². The second-order valence-corrected chi connectivity index (χ2v) is 3.15. The lowest BCUT2D eigenvalue weighted by atomic mass is 10.4. The lowest BCUT2D eigenvalue weighted by Crippen LogP contribution is -2.17. The van der Waals surface area contributed by atoms with Crippen LogP contribution in [0.2, 0.25) is 0 Å². The molecule has 0 saturated carbocycles. The number of pyridine rings is 1. The highest BCUT2D eigenvalue weighted by atomic mass is 15.2. The van der Waals surface area contributed by atoms with Gasteiger partial charge < -0.3 is 5.32 Å². The summed E-state index contributed by atoms with van der Waals surface area (Å²) in [6, 6.07) is 5.93. The molecule has 0 unspecified atom stereocenters. The van der Waals surface area contributed by atoms with Crippen molar-refractivity contribution in [2.45, 2.75) is 13.3 Å². The summed E-state index contributed by atoms with van der Waals surface area (Å²) < 4.78 is 2.03. The van der Waals surface area contributed by atoms with E-state index in [1.54, 1.807) is 0 Å². The van der Waals surface area contributed by atoms with Crippen molar-refractivity contribution in [2.75, 3.05) is 13.1 Å². The van der Waals surface area contributed by atoms with Crippen molar-refractivity contribution in [3.63, 3.8) is 0 Å². The molecule has 0 aliphatic rings. The SMILES string of the molecule is CCNCCc1nnc2ccccn12. The molecule has 4 nitrogen and oxygen atoms in total. The highest BCUT2D eigenvalue weighted by Crippen LogP contribution is 2.02. The number of hydrogen-bond acceptors (Lipinski definition) is 3. The summed E-state index contributed by atoms with van der Waals surface area (Å²) in [6.45, 7) is 4.05. The summed E-state index contributed by atoms with van der Waals surface area (Å²) in [5.74, 6) is 1.02. The van der Waals surface area contributed by atoms with Crippen LogP contribution in [0.25, 0.3) is 5.65 Å². The zero-order chi connectivity index (χ0) is 9.80. The maximum Gasteiger partial charge on any atom is 0.160 e. The Hall–Kier alpha value is -1.42. The lowest BCUT2D eigenvalue weighted by molar-refractivity contribution is 0.692. The molecule has 4 heteroatoms. The molecular formula is C10H14N4. The van der Waals surface area contributed by atoms with E-state index in [-0.39, 0.29) is 0 Å². The smallest absolute Gasteiger partial charge is 0.160 e. The number of likely N-dealkylation sites (N-methyl/N-ethyl adjacent to an activating group) is 1. The molecule has 2 rings (SSSR count). The molecule has 14 heavy (non-hydrogen) atoms. The van der Waals surface area contributed by atoms with Gasteiger partial charge in [0.1, 0.15) is 5.82 Å². The van der Waals surface area contributed by atoms with Crippen LogP contribution in [0.5, 0.6) is 0 Å². The summed E-state index contributed by atoms with van der Waals surface area (Å²) in [6.07, 6.45) is 2.91. The predicted molar refractivity (Wildman–Crippen MR) is 55.2 cm³/mol. The average molecular weight is 190 g/mol. The third kappa shape index (κ3) is 1.75. The molecule has 0 aliphatic heterocycles. The van der Waals surface area contributed by atoms with Crippen molar-refractivity contribution < 1.29 is 0 Å². The first-order valence-corrected chi connectivity index (χ1v) is 4.91. The number of aromatic nitrogens is 3. The molecule has 0 atom stereocenters. The molecule has 2 heterocycles. The van der Waals surface area contributed by atoms with Crippen molar-refractivity contribution in [2.24, 2.45) is 0 Å². The molecular weight excluding hydrogens is 176 g/mol. The Balaban J connectivity index is 2.17. The quantitative estimate of drug-likeness (QED) is 0.728. The van der Waals surface area contributed by atoms with E-state index in [9.17, 15) is 0 Å². The van der Waals surface area contributed by atoms with Crippen molar-refractivity contribution >= 4 is 5.65 Å². The third-order valence-corrected chi connectivity index (χ3v) is 2.16. The van der Waals surface area contributed by atoms with E-state index < -0.39 is 0 Å². The molecule has 0 fully saturated rings. The molecule has 0 aromatic carbocycles. The van der Waals surface area contributed by atoms with Gasteiger partial charge in [0.25, 0.3) is 0 Å². The molecule has 0 spiro atoms. The van der Waals surface area contributed by atoms with Gasteiger partial charge in [-0.3, -0.25) is 4.40 Å². The molecule has 2 aromatic rings. The average Bonchev–Trinajstić information content (AvgIpc) is 2.63. The summed E-state index contributed by atoms with van der Waals surface area (Å²) in [7, 11) is 0. The van der Waals surface area contributed by atoms with E-state index in [2.05, 4.69) is 22.4 Å². The number of fused-ring (bicyclic) bond motifs is 1. The third-order valence-electron chi connectivity index (χ3n) is 2.16. The predicted octanol–water partition coefficient (Wildman–Crippen LogP) is 0.881. The number of nitrogens with zero attached hydrogens (tertiary/aromatic N) is 3. The van der Waals surface area contributed by atoms with Gasteiger partial charge in [-0.2, -0.15) is 0 Å². The minimum Gasteiger partial charge on any atom is -0.317 e. The Bertz CT molecular complexity index is 407. The second-order valence-electron chi connectivity index (χ2n) is 3.15. The van der Waals surface area contributed by atoms with Crippen molar-refractivity contribution in [1.29, 1.82) is 0 Å². The van der Waals surface area contributed by atoms with E-state index in [0.29, 0.717) is 0 Å². The fourth-order valence-electron chi connectivity index (χ4n) is 1.44. The first-order valence-electron chi connectivity index (χ1n) is 4.91. The van der Waals surface area contributed by atoms with Gasteiger partial charge in [0.15, 0.2) is 5.65 Å². The first kappa shape index (κ1) is 9.15. The minimum absolute atomic E-state index is 0.916. The van der Waals surface area contributed by atoms with E-state index >= 15 is 0 Å². The zero-order valence-corrected chi connectivity index (χ0v) is 8.27.